The van der Waals surface area contributed by atoms with Gasteiger partial charge in [-0.05, 0) is 36.1 Å². The quantitative estimate of drug-likeness (QED) is 0.509. The second-order valence-corrected chi connectivity index (χ2v) is 5.65. The van der Waals surface area contributed by atoms with Gasteiger partial charge in [0.15, 0.2) is 0 Å². The zero-order valence-corrected chi connectivity index (χ0v) is 13.3. The summed E-state index contributed by atoms with van der Waals surface area (Å²) in [6.07, 6.45) is 1.09. The third-order valence-electron chi connectivity index (χ3n) is 2.50. The molecule has 18 heavy (non-hydrogen) atoms. The Labute approximate surface area is 123 Å². The molecule has 1 aromatic carbocycles. The highest BCUT2D eigenvalue weighted by Crippen LogP contribution is 2.23. The minimum absolute atomic E-state index is 0.475. The van der Waals surface area contributed by atoms with Crippen LogP contribution < -0.4 is 4.74 Å². The molecule has 2 nitrogen and oxygen atoms in total. The largest absolute Gasteiger partial charge is 0.491 e. The molecule has 0 fully saturated rings. The molecule has 0 saturated carbocycles. The van der Waals surface area contributed by atoms with Crippen molar-refractivity contribution < 1.29 is 9.47 Å². The van der Waals surface area contributed by atoms with Crippen molar-refractivity contribution in [1.82, 2.24) is 0 Å². The van der Waals surface area contributed by atoms with Crippen LogP contribution in [0.25, 0.3) is 0 Å². The van der Waals surface area contributed by atoms with Crippen LogP contribution in [0.1, 0.15) is 25.8 Å². The van der Waals surface area contributed by atoms with E-state index in [1.165, 1.54) is 0 Å². The van der Waals surface area contributed by atoms with Crippen molar-refractivity contribution in [1.29, 1.82) is 0 Å². The molecule has 0 heterocycles. The highest BCUT2D eigenvalue weighted by molar-refractivity contribution is 9.10. The molecular formula is C14H20BrClO2. The Morgan fingerprint density at radius 2 is 2.00 bits per heavy atom. The number of hydrogen-bond acceptors (Lipinski definition) is 2. The van der Waals surface area contributed by atoms with Gasteiger partial charge in [0.05, 0.1) is 6.61 Å². The molecule has 0 saturated heterocycles. The SMILES string of the molecule is CC(C)CCOCCOc1ccc(Br)c(CCl)c1. The van der Waals surface area contributed by atoms with Crippen molar-refractivity contribution >= 4 is 27.5 Å². The average molecular weight is 336 g/mol. The van der Waals surface area contributed by atoms with Gasteiger partial charge in [-0.25, -0.2) is 0 Å². The van der Waals surface area contributed by atoms with E-state index in [1.54, 1.807) is 0 Å². The Bertz CT molecular complexity index is 356. The molecule has 0 aliphatic carbocycles. The number of benzene rings is 1. The molecule has 0 radical (unpaired) electrons. The molecule has 0 spiro atoms. The second-order valence-electron chi connectivity index (χ2n) is 4.53. The van der Waals surface area contributed by atoms with Gasteiger partial charge in [0.25, 0.3) is 0 Å². The third kappa shape index (κ3) is 6.07. The number of alkyl halides is 1. The van der Waals surface area contributed by atoms with Gasteiger partial charge >= 0.3 is 0 Å². The molecular weight excluding hydrogens is 316 g/mol. The molecule has 102 valence electrons. The number of rotatable bonds is 8. The lowest BCUT2D eigenvalue weighted by Crippen LogP contribution is -2.08. The Morgan fingerprint density at radius 3 is 2.67 bits per heavy atom. The lowest BCUT2D eigenvalue weighted by atomic mass is 10.1. The summed E-state index contributed by atoms with van der Waals surface area (Å²) in [4.78, 5) is 0. The van der Waals surface area contributed by atoms with Gasteiger partial charge in [-0.2, -0.15) is 0 Å². The van der Waals surface area contributed by atoms with Gasteiger partial charge < -0.3 is 9.47 Å². The Hall–Kier alpha value is -0.250. The molecule has 0 N–H and O–H groups in total. The summed E-state index contributed by atoms with van der Waals surface area (Å²) in [6, 6.07) is 5.83. The molecule has 4 heteroatoms. The van der Waals surface area contributed by atoms with Gasteiger partial charge in [-0.15, -0.1) is 11.6 Å². The van der Waals surface area contributed by atoms with Crippen molar-refractivity contribution in [2.75, 3.05) is 19.8 Å². The number of ether oxygens (including phenoxy) is 2. The zero-order chi connectivity index (χ0) is 13.4. The molecule has 0 unspecified atom stereocenters. The molecule has 0 bridgehead atoms. The van der Waals surface area contributed by atoms with Crippen molar-refractivity contribution in [2.24, 2.45) is 5.92 Å². The smallest absolute Gasteiger partial charge is 0.119 e. The third-order valence-corrected chi connectivity index (χ3v) is 3.56. The van der Waals surface area contributed by atoms with Gasteiger partial charge in [0, 0.05) is 17.0 Å². The molecule has 0 aliphatic rings. The molecule has 0 aliphatic heterocycles. The second kappa shape index (κ2) is 8.78. The lowest BCUT2D eigenvalue weighted by Gasteiger charge is -2.09. The van der Waals surface area contributed by atoms with Crippen LogP contribution in [-0.4, -0.2) is 19.8 Å². The topological polar surface area (TPSA) is 18.5 Å². The van der Waals surface area contributed by atoms with E-state index in [-0.39, 0.29) is 0 Å². The highest BCUT2D eigenvalue weighted by Gasteiger charge is 2.01. The van der Waals surface area contributed by atoms with E-state index >= 15 is 0 Å². The maximum atomic E-state index is 5.83. The van der Waals surface area contributed by atoms with E-state index < -0.39 is 0 Å². The van der Waals surface area contributed by atoms with Crippen LogP contribution in [0.2, 0.25) is 0 Å². The van der Waals surface area contributed by atoms with Crippen LogP contribution in [0.15, 0.2) is 22.7 Å². The Morgan fingerprint density at radius 1 is 1.22 bits per heavy atom. The summed E-state index contributed by atoms with van der Waals surface area (Å²) < 4.78 is 12.1. The maximum Gasteiger partial charge on any atom is 0.119 e. The molecule has 0 atom stereocenters. The number of halogens is 2. The Balaban J connectivity index is 2.23. The van der Waals surface area contributed by atoms with Crippen molar-refractivity contribution in [3.05, 3.63) is 28.2 Å². The van der Waals surface area contributed by atoms with E-state index in [0.717, 1.165) is 28.8 Å². The zero-order valence-electron chi connectivity index (χ0n) is 10.9. The van der Waals surface area contributed by atoms with E-state index in [2.05, 4.69) is 29.8 Å². The summed E-state index contributed by atoms with van der Waals surface area (Å²) in [5.74, 6) is 1.99. The summed E-state index contributed by atoms with van der Waals surface area (Å²) in [6.45, 7) is 6.37. The fraction of sp³-hybridized carbons (Fsp3) is 0.571. The predicted molar refractivity (Wildman–Crippen MR) is 79.5 cm³/mol. The fourth-order valence-electron chi connectivity index (χ4n) is 1.38. The van der Waals surface area contributed by atoms with Gasteiger partial charge in [0.2, 0.25) is 0 Å². The Kier molecular flexibility index (Phi) is 7.71. The van der Waals surface area contributed by atoms with Crippen molar-refractivity contribution in [3.63, 3.8) is 0 Å². The van der Waals surface area contributed by atoms with E-state index in [1.807, 2.05) is 18.2 Å². The van der Waals surface area contributed by atoms with Gasteiger partial charge in [-0.1, -0.05) is 29.8 Å². The van der Waals surface area contributed by atoms with Crippen LogP contribution >= 0.6 is 27.5 Å². The van der Waals surface area contributed by atoms with Crippen LogP contribution in [0, 0.1) is 5.92 Å². The first-order chi connectivity index (χ1) is 8.63. The van der Waals surface area contributed by atoms with E-state index in [4.69, 9.17) is 21.1 Å². The monoisotopic (exact) mass is 334 g/mol. The lowest BCUT2D eigenvalue weighted by molar-refractivity contribution is 0.0925. The minimum Gasteiger partial charge on any atom is -0.491 e. The van der Waals surface area contributed by atoms with Crippen molar-refractivity contribution in [2.45, 2.75) is 26.1 Å². The summed E-state index contributed by atoms with van der Waals surface area (Å²) in [5, 5.41) is 0. The fourth-order valence-corrected chi connectivity index (χ4v) is 2.15. The van der Waals surface area contributed by atoms with E-state index in [9.17, 15) is 0 Å². The molecule has 0 aromatic heterocycles. The average Bonchev–Trinajstić information content (AvgIpc) is 2.35. The van der Waals surface area contributed by atoms with Crippen molar-refractivity contribution in [3.8, 4) is 5.75 Å². The first-order valence-electron chi connectivity index (χ1n) is 6.18. The first kappa shape index (κ1) is 15.8. The minimum atomic E-state index is 0.475. The molecule has 0 amide bonds. The van der Waals surface area contributed by atoms with Crippen LogP contribution in [0.3, 0.4) is 0 Å². The summed E-state index contributed by atoms with van der Waals surface area (Å²) >= 11 is 9.27. The first-order valence-corrected chi connectivity index (χ1v) is 7.51. The molecule has 1 rings (SSSR count). The van der Waals surface area contributed by atoms with Crippen LogP contribution in [0.4, 0.5) is 0 Å². The van der Waals surface area contributed by atoms with E-state index in [0.29, 0.717) is 25.0 Å². The number of hydrogen-bond donors (Lipinski definition) is 0. The normalized spacial score (nSPS) is 10.9. The van der Waals surface area contributed by atoms with Gasteiger partial charge in [0.1, 0.15) is 12.4 Å². The maximum absolute atomic E-state index is 5.83. The predicted octanol–water partition coefficient (Wildman–Crippen LogP) is 4.63. The van der Waals surface area contributed by atoms with Crippen LogP contribution in [0.5, 0.6) is 5.75 Å². The molecule has 1 aromatic rings. The standard InChI is InChI=1S/C14H20BrClO2/c1-11(2)5-6-17-7-8-18-13-3-4-14(15)12(9-13)10-16/h3-4,9,11H,5-8,10H2,1-2H3. The van der Waals surface area contributed by atoms with Gasteiger partial charge in [-0.3, -0.25) is 0 Å². The summed E-state index contributed by atoms with van der Waals surface area (Å²) in [5.41, 5.74) is 1.04. The van der Waals surface area contributed by atoms with Crippen LogP contribution in [-0.2, 0) is 10.6 Å². The highest BCUT2D eigenvalue weighted by atomic mass is 79.9. The summed E-state index contributed by atoms with van der Waals surface area (Å²) in [7, 11) is 0.